The summed E-state index contributed by atoms with van der Waals surface area (Å²) in [6, 6.07) is 14.1. The lowest BCUT2D eigenvalue weighted by Gasteiger charge is -2.16. The highest BCUT2D eigenvalue weighted by Crippen LogP contribution is 2.29. The van der Waals surface area contributed by atoms with Crippen molar-refractivity contribution in [3.8, 4) is 6.07 Å². The van der Waals surface area contributed by atoms with Crippen LogP contribution in [-0.2, 0) is 0 Å². The van der Waals surface area contributed by atoms with Crippen LogP contribution < -0.4 is 5.32 Å². The molecule has 4 heteroatoms. The molecule has 0 aliphatic carbocycles. The maximum Gasteiger partial charge on any atom is 0.0998 e. The summed E-state index contributed by atoms with van der Waals surface area (Å²) in [6.07, 6.45) is 3.69. The molecule has 3 rings (SSSR count). The van der Waals surface area contributed by atoms with Gasteiger partial charge in [0.25, 0.3) is 0 Å². The molecular formula is C16H14N4. The number of anilines is 1. The van der Waals surface area contributed by atoms with Crippen LogP contribution in [0.5, 0.6) is 0 Å². The van der Waals surface area contributed by atoms with Crippen LogP contribution in [0.2, 0.25) is 0 Å². The van der Waals surface area contributed by atoms with Gasteiger partial charge >= 0.3 is 0 Å². The lowest BCUT2D eigenvalue weighted by molar-refractivity contribution is 0.888. The predicted molar refractivity (Wildman–Crippen MR) is 79.3 cm³/mol. The van der Waals surface area contributed by atoms with Crippen LogP contribution in [-0.4, -0.2) is 10.2 Å². The normalized spacial score (nSPS) is 12.0. The first-order valence-corrected chi connectivity index (χ1v) is 6.46. The third-order valence-electron chi connectivity index (χ3n) is 3.44. The van der Waals surface area contributed by atoms with E-state index in [4.69, 9.17) is 0 Å². The van der Waals surface area contributed by atoms with Crippen LogP contribution in [0.4, 0.5) is 5.69 Å². The zero-order valence-corrected chi connectivity index (χ0v) is 11.1. The summed E-state index contributed by atoms with van der Waals surface area (Å²) >= 11 is 0. The van der Waals surface area contributed by atoms with Gasteiger partial charge in [0.1, 0.15) is 0 Å². The second kappa shape index (κ2) is 5.06. The molecule has 4 nitrogen and oxygen atoms in total. The molecule has 0 aliphatic rings. The van der Waals surface area contributed by atoms with Gasteiger partial charge in [0.15, 0.2) is 0 Å². The number of aromatic amines is 1. The van der Waals surface area contributed by atoms with Crippen LogP contribution in [0.25, 0.3) is 10.8 Å². The number of hydrogen-bond donors (Lipinski definition) is 2. The molecule has 0 saturated carbocycles. The van der Waals surface area contributed by atoms with Gasteiger partial charge in [0.05, 0.1) is 23.9 Å². The monoisotopic (exact) mass is 262 g/mol. The topological polar surface area (TPSA) is 64.5 Å². The molecule has 98 valence electrons. The Morgan fingerprint density at radius 2 is 2.00 bits per heavy atom. The van der Waals surface area contributed by atoms with Crippen molar-refractivity contribution >= 4 is 16.5 Å². The fourth-order valence-electron chi connectivity index (χ4n) is 2.34. The first-order chi connectivity index (χ1) is 9.79. The van der Waals surface area contributed by atoms with Gasteiger partial charge in [-0.1, -0.05) is 24.3 Å². The standard InChI is InChI=1S/C16H14N4/c1-11(13-9-18-19-10-13)20-16-7-6-12(8-17)14-4-2-3-5-15(14)16/h2-7,9-11,20H,1H3,(H,18,19). The second-order valence-electron chi connectivity index (χ2n) is 4.72. The first kappa shape index (κ1) is 12.2. The highest BCUT2D eigenvalue weighted by molar-refractivity contribution is 5.97. The zero-order valence-electron chi connectivity index (χ0n) is 11.1. The molecule has 2 N–H and O–H groups in total. The Balaban J connectivity index is 2.03. The minimum Gasteiger partial charge on any atom is -0.378 e. The maximum absolute atomic E-state index is 9.18. The Morgan fingerprint density at radius 1 is 1.20 bits per heavy atom. The van der Waals surface area contributed by atoms with E-state index in [1.54, 1.807) is 0 Å². The van der Waals surface area contributed by atoms with Crippen molar-refractivity contribution in [2.24, 2.45) is 0 Å². The summed E-state index contributed by atoms with van der Waals surface area (Å²) in [5, 5.41) is 21.5. The molecule has 1 unspecified atom stereocenters. The van der Waals surface area contributed by atoms with Crippen LogP contribution in [0.3, 0.4) is 0 Å². The van der Waals surface area contributed by atoms with Gasteiger partial charge in [0.2, 0.25) is 0 Å². The average Bonchev–Trinajstić information content (AvgIpc) is 3.02. The van der Waals surface area contributed by atoms with Crippen molar-refractivity contribution in [2.45, 2.75) is 13.0 Å². The Hall–Kier alpha value is -2.80. The second-order valence-corrected chi connectivity index (χ2v) is 4.72. The number of fused-ring (bicyclic) bond motifs is 1. The molecule has 0 amide bonds. The number of benzene rings is 2. The van der Waals surface area contributed by atoms with Gasteiger partial charge in [-0.05, 0) is 19.1 Å². The van der Waals surface area contributed by atoms with Crippen LogP contribution >= 0.6 is 0 Å². The number of H-pyrrole nitrogens is 1. The molecule has 1 aromatic heterocycles. The number of hydrogen-bond acceptors (Lipinski definition) is 3. The SMILES string of the molecule is CC(Nc1ccc(C#N)c2ccccc12)c1cn[nH]c1. The van der Waals surface area contributed by atoms with E-state index in [0.29, 0.717) is 5.56 Å². The molecule has 0 fully saturated rings. The van der Waals surface area contributed by atoms with Crippen molar-refractivity contribution in [3.63, 3.8) is 0 Å². The summed E-state index contributed by atoms with van der Waals surface area (Å²) in [5.74, 6) is 0. The molecule has 1 atom stereocenters. The molecule has 0 bridgehead atoms. The largest absolute Gasteiger partial charge is 0.378 e. The van der Waals surface area contributed by atoms with E-state index in [0.717, 1.165) is 22.0 Å². The van der Waals surface area contributed by atoms with Crippen LogP contribution in [0.15, 0.2) is 48.8 Å². The van der Waals surface area contributed by atoms with Gasteiger partial charge in [-0.15, -0.1) is 0 Å². The molecular weight excluding hydrogens is 248 g/mol. The fraction of sp³-hybridized carbons (Fsp3) is 0.125. The van der Waals surface area contributed by atoms with Gasteiger partial charge in [-0.2, -0.15) is 10.4 Å². The van der Waals surface area contributed by atoms with Gasteiger partial charge in [-0.3, -0.25) is 5.10 Å². The number of nitriles is 1. The van der Waals surface area contributed by atoms with Crippen molar-refractivity contribution in [1.82, 2.24) is 10.2 Å². The maximum atomic E-state index is 9.18. The Kier molecular flexibility index (Phi) is 3.10. The average molecular weight is 262 g/mol. The first-order valence-electron chi connectivity index (χ1n) is 6.46. The van der Waals surface area contributed by atoms with Crippen molar-refractivity contribution < 1.29 is 0 Å². The fourth-order valence-corrected chi connectivity index (χ4v) is 2.34. The molecule has 0 aliphatic heterocycles. The molecule has 0 spiro atoms. The van der Waals surface area contributed by atoms with E-state index >= 15 is 0 Å². The van der Waals surface area contributed by atoms with E-state index in [1.807, 2.05) is 48.8 Å². The van der Waals surface area contributed by atoms with E-state index in [9.17, 15) is 5.26 Å². The Morgan fingerprint density at radius 3 is 2.70 bits per heavy atom. The molecule has 0 radical (unpaired) electrons. The summed E-state index contributed by atoms with van der Waals surface area (Å²) in [6.45, 7) is 2.08. The summed E-state index contributed by atoms with van der Waals surface area (Å²) in [7, 11) is 0. The molecule has 3 aromatic rings. The highest BCUT2D eigenvalue weighted by Gasteiger charge is 2.10. The Labute approximate surface area is 117 Å². The quantitative estimate of drug-likeness (QED) is 0.757. The van der Waals surface area contributed by atoms with E-state index in [-0.39, 0.29) is 6.04 Å². The molecule has 2 aromatic carbocycles. The van der Waals surface area contributed by atoms with Crippen molar-refractivity contribution in [3.05, 3.63) is 59.9 Å². The highest BCUT2D eigenvalue weighted by atomic mass is 15.1. The smallest absolute Gasteiger partial charge is 0.0998 e. The van der Waals surface area contributed by atoms with Crippen LogP contribution in [0.1, 0.15) is 24.1 Å². The lowest BCUT2D eigenvalue weighted by Crippen LogP contribution is -2.06. The van der Waals surface area contributed by atoms with E-state index in [1.165, 1.54) is 0 Å². The van der Waals surface area contributed by atoms with Gasteiger partial charge in [-0.25, -0.2) is 0 Å². The third-order valence-corrected chi connectivity index (χ3v) is 3.44. The lowest BCUT2D eigenvalue weighted by atomic mass is 10.0. The minimum absolute atomic E-state index is 0.144. The van der Waals surface area contributed by atoms with Crippen molar-refractivity contribution in [2.75, 3.05) is 5.32 Å². The minimum atomic E-state index is 0.144. The summed E-state index contributed by atoms with van der Waals surface area (Å²) in [5.41, 5.74) is 2.81. The zero-order chi connectivity index (χ0) is 13.9. The molecule has 1 heterocycles. The van der Waals surface area contributed by atoms with E-state index in [2.05, 4.69) is 28.5 Å². The van der Waals surface area contributed by atoms with Gasteiger partial charge in [0, 0.05) is 28.2 Å². The summed E-state index contributed by atoms with van der Waals surface area (Å²) < 4.78 is 0. The number of nitrogens with one attached hydrogen (secondary N) is 2. The number of nitrogens with zero attached hydrogens (tertiary/aromatic N) is 2. The number of rotatable bonds is 3. The van der Waals surface area contributed by atoms with Gasteiger partial charge < -0.3 is 5.32 Å². The molecule has 0 saturated heterocycles. The van der Waals surface area contributed by atoms with Crippen molar-refractivity contribution in [1.29, 1.82) is 5.26 Å². The molecule has 20 heavy (non-hydrogen) atoms. The summed E-state index contributed by atoms with van der Waals surface area (Å²) in [4.78, 5) is 0. The number of aromatic nitrogens is 2. The Bertz CT molecular complexity index is 769. The predicted octanol–water partition coefficient (Wildman–Crippen LogP) is 3.61. The third kappa shape index (κ3) is 2.10. The van der Waals surface area contributed by atoms with E-state index < -0.39 is 0 Å². The van der Waals surface area contributed by atoms with Crippen LogP contribution in [0, 0.1) is 11.3 Å².